The summed E-state index contributed by atoms with van der Waals surface area (Å²) in [6.45, 7) is 1.15. The van der Waals surface area contributed by atoms with Crippen molar-refractivity contribution in [1.82, 2.24) is 0 Å². The van der Waals surface area contributed by atoms with Crippen molar-refractivity contribution < 1.29 is 19.0 Å². The van der Waals surface area contributed by atoms with E-state index in [9.17, 15) is 4.79 Å². The molecule has 0 bridgehead atoms. The number of benzene rings is 1. The molecular weight excluding hydrogens is 348 g/mol. The monoisotopic (exact) mass is 364 g/mol. The van der Waals surface area contributed by atoms with Crippen molar-refractivity contribution in [2.75, 3.05) is 13.2 Å². The summed E-state index contributed by atoms with van der Waals surface area (Å²) in [5.74, 6) is 0.885. The lowest BCUT2D eigenvalue weighted by Gasteiger charge is -2.20. The Kier molecular flexibility index (Phi) is 4.37. The van der Waals surface area contributed by atoms with Crippen LogP contribution in [0.4, 0.5) is 0 Å². The van der Waals surface area contributed by atoms with Crippen LogP contribution < -0.4 is 9.47 Å². The number of hydrogen-bond acceptors (Lipinski definition) is 5. The van der Waals surface area contributed by atoms with E-state index in [0.717, 1.165) is 18.4 Å². The Morgan fingerprint density at radius 2 is 2.00 bits per heavy atom. The van der Waals surface area contributed by atoms with Gasteiger partial charge in [0.05, 0.1) is 5.02 Å². The minimum Gasteiger partial charge on any atom is -0.486 e. The summed E-state index contributed by atoms with van der Waals surface area (Å²) in [6.07, 6.45) is 4.55. The zero-order valence-corrected chi connectivity index (χ0v) is 14.7. The number of hydrogen-bond donors (Lipinski definition) is 0. The zero-order valence-electron chi connectivity index (χ0n) is 13.1. The highest BCUT2D eigenvalue weighted by molar-refractivity contribution is 7.14. The first-order chi connectivity index (χ1) is 11.7. The van der Waals surface area contributed by atoms with Gasteiger partial charge in [-0.15, -0.1) is 11.3 Å². The second-order valence-electron chi connectivity index (χ2n) is 5.94. The lowest BCUT2D eigenvalue weighted by Crippen LogP contribution is -2.16. The lowest BCUT2D eigenvalue weighted by molar-refractivity contribution is 0.0477. The van der Waals surface area contributed by atoms with E-state index in [0.29, 0.717) is 34.6 Å². The number of fused-ring (bicyclic) bond motifs is 2. The van der Waals surface area contributed by atoms with Crippen molar-refractivity contribution in [1.29, 1.82) is 0 Å². The SMILES string of the molecule is O=C(OCc1cc(Cl)c2c(c1)OCCO2)c1cc2c(s1)CCCC2. The molecule has 1 aromatic carbocycles. The minimum absolute atomic E-state index is 0.164. The van der Waals surface area contributed by atoms with Crippen molar-refractivity contribution in [3.05, 3.63) is 44.1 Å². The second kappa shape index (κ2) is 6.65. The fourth-order valence-corrected chi connectivity index (χ4v) is 4.49. The zero-order chi connectivity index (χ0) is 16.5. The van der Waals surface area contributed by atoms with E-state index in [-0.39, 0.29) is 12.6 Å². The number of rotatable bonds is 3. The van der Waals surface area contributed by atoms with Gasteiger partial charge in [-0.2, -0.15) is 0 Å². The molecular formula is C18H17ClO4S. The van der Waals surface area contributed by atoms with Crippen molar-refractivity contribution in [3.8, 4) is 11.5 Å². The van der Waals surface area contributed by atoms with E-state index in [1.165, 1.54) is 23.3 Å². The van der Waals surface area contributed by atoms with Gasteiger partial charge in [-0.1, -0.05) is 11.6 Å². The van der Waals surface area contributed by atoms with E-state index in [1.807, 2.05) is 12.1 Å². The summed E-state index contributed by atoms with van der Waals surface area (Å²) in [4.78, 5) is 14.3. The smallest absolute Gasteiger partial charge is 0.348 e. The maximum absolute atomic E-state index is 12.3. The minimum atomic E-state index is -0.277. The van der Waals surface area contributed by atoms with Crippen LogP contribution in [0, 0.1) is 0 Å². The second-order valence-corrected chi connectivity index (χ2v) is 7.49. The number of aryl methyl sites for hydroxylation is 2. The largest absolute Gasteiger partial charge is 0.486 e. The first-order valence-electron chi connectivity index (χ1n) is 8.07. The topological polar surface area (TPSA) is 44.8 Å². The Labute approximate surface area is 149 Å². The Hall–Kier alpha value is -1.72. The van der Waals surface area contributed by atoms with Gasteiger partial charge in [0.25, 0.3) is 0 Å². The van der Waals surface area contributed by atoms with E-state index in [2.05, 4.69) is 0 Å². The van der Waals surface area contributed by atoms with Crippen LogP contribution in [-0.4, -0.2) is 19.2 Å². The Bertz CT molecular complexity index is 760. The molecule has 2 heterocycles. The van der Waals surface area contributed by atoms with Crippen molar-refractivity contribution in [2.45, 2.75) is 32.3 Å². The molecule has 1 aliphatic carbocycles. The average Bonchev–Trinajstić information content (AvgIpc) is 3.04. The third-order valence-electron chi connectivity index (χ3n) is 4.22. The summed E-state index contributed by atoms with van der Waals surface area (Å²) >= 11 is 7.76. The molecule has 1 aliphatic heterocycles. The number of ether oxygens (including phenoxy) is 3. The standard InChI is InChI=1S/C18H17ClO4S/c19-13-7-11(8-14-17(13)22-6-5-21-14)10-23-18(20)16-9-12-3-1-2-4-15(12)24-16/h7-9H,1-6,10H2. The van der Waals surface area contributed by atoms with Gasteiger partial charge in [0.15, 0.2) is 11.5 Å². The third kappa shape index (κ3) is 3.10. The fourth-order valence-electron chi connectivity index (χ4n) is 3.06. The molecule has 4 rings (SSSR count). The summed E-state index contributed by atoms with van der Waals surface area (Å²) in [5.41, 5.74) is 2.10. The van der Waals surface area contributed by atoms with Crippen LogP contribution in [0.2, 0.25) is 5.02 Å². The predicted octanol–water partition coefficient (Wildman–Crippen LogP) is 4.41. The van der Waals surface area contributed by atoms with Crippen molar-refractivity contribution in [3.63, 3.8) is 0 Å². The van der Waals surface area contributed by atoms with E-state index in [4.69, 9.17) is 25.8 Å². The Morgan fingerprint density at radius 1 is 1.17 bits per heavy atom. The molecule has 4 nitrogen and oxygen atoms in total. The molecule has 0 saturated carbocycles. The molecule has 0 atom stereocenters. The molecule has 0 N–H and O–H groups in total. The maximum Gasteiger partial charge on any atom is 0.348 e. The maximum atomic E-state index is 12.3. The predicted molar refractivity (Wildman–Crippen MR) is 92.5 cm³/mol. The van der Waals surface area contributed by atoms with Gasteiger partial charge in [-0.25, -0.2) is 4.79 Å². The molecule has 0 saturated heterocycles. The van der Waals surface area contributed by atoms with Gasteiger partial charge in [0.2, 0.25) is 0 Å². The number of carbonyl (C=O) groups excluding carboxylic acids is 1. The highest BCUT2D eigenvalue weighted by Crippen LogP contribution is 2.38. The van der Waals surface area contributed by atoms with E-state index >= 15 is 0 Å². The fraction of sp³-hybridized carbons (Fsp3) is 0.389. The van der Waals surface area contributed by atoms with Crippen LogP contribution >= 0.6 is 22.9 Å². The number of halogens is 1. The van der Waals surface area contributed by atoms with Gasteiger partial charge >= 0.3 is 5.97 Å². The number of esters is 1. The number of thiophene rings is 1. The van der Waals surface area contributed by atoms with Gasteiger partial charge in [0, 0.05) is 4.88 Å². The summed E-state index contributed by atoms with van der Waals surface area (Å²) < 4.78 is 16.5. The van der Waals surface area contributed by atoms with Crippen molar-refractivity contribution in [2.24, 2.45) is 0 Å². The summed E-state index contributed by atoms with van der Waals surface area (Å²) in [6, 6.07) is 5.55. The van der Waals surface area contributed by atoms with Crippen LogP contribution in [0.15, 0.2) is 18.2 Å². The van der Waals surface area contributed by atoms with Crippen LogP contribution in [0.5, 0.6) is 11.5 Å². The Balaban J connectivity index is 1.45. The molecule has 0 amide bonds. The molecule has 24 heavy (non-hydrogen) atoms. The summed E-state index contributed by atoms with van der Waals surface area (Å²) in [5, 5.41) is 0.477. The highest BCUT2D eigenvalue weighted by Gasteiger charge is 2.20. The van der Waals surface area contributed by atoms with Crippen LogP contribution in [0.25, 0.3) is 0 Å². The molecule has 0 spiro atoms. The van der Waals surface area contributed by atoms with Gasteiger partial charge in [0.1, 0.15) is 24.7 Å². The lowest BCUT2D eigenvalue weighted by atomic mass is 9.99. The molecule has 0 fully saturated rings. The van der Waals surface area contributed by atoms with Gasteiger partial charge in [-0.3, -0.25) is 0 Å². The average molecular weight is 365 g/mol. The molecule has 2 aliphatic rings. The molecule has 2 aromatic rings. The van der Waals surface area contributed by atoms with Crippen LogP contribution in [-0.2, 0) is 24.2 Å². The summed E-state index contributed by atoms with van der Waals surface area (Å²) in [7, 11) is 0. The molecule has 6 heteroatoms. The molecule has 1 aromatic heterocycles. The van der Waals surface area contributed by atoms with E-state index in [1.54, 1.807) is 17.4 Å². The quantitative estimate of drug-likeness (QED) is 0.757. The molecule has 0 radical (unpaired) electrons. The van der Waals surface area contributed by atoms with Gasteiger partial charge in [-0.05, 0) is 55.0 Å². The van der Waals surface area contributed by atoms with Crippen LogP contribution in [0.3, 0.4) is 0 Å². The highest BCUT2D eigenvalue weighted by atomic mass is 35.5. The normalized spacial score (nSPS) is 15.7. The van der Waals surface area contributed by atoms with E-state index < -0.39 is 0 Å². The molecule has 126 valence electrons. The van der Waals surface area contributed by atoms with Crippen LogP contribution in [0.1, 0.15) is 38.5 Å². The van der Waals surface area contributed by atoms with Crippen molar-refractivity contribution >= 4 is 28.9 Å². The third-order valence-corrected chi connectivity index (χ3v) is 5.72. The first kappa shape index (κ1) is 15.8. The first-order valence-corrected chi connectivity index (χ1v) is 9.27. The molecule has 0 unspecified atom stereocenters. The number of carbonyl (C=O) groups is 1. The van der Waals surface area contributed by atoms with Gasteiger partial charge < -0.3 is 14.2 Å². The Morgan fingerprint density at radius 3 is 2.88 bits per heavy atom.